The van der Waals surface area contributed by atoms with E-state index in [1.54, 1.807) is 6.07 Å². The van der Waals surface area contributed by atoms with Crippen molar-refractivity contribution in [2.75, 3.05) is 0 Å². The van der Waals surface area contributed by atoms with Crippen LogP contribution in [0.3, 0.4) is 0 Å². The third kappa shape index (κ3) is 3.76. The predicted octanol–water partition coefficient (Wildman–Crippen LogP) is 3.41. The van der Waals surface area contributed by atoms with Gasteiger partial charge < -0.3 is 11.1 Å². The van der Waals surface area contributed by atoms with Crippen LogP contribution in [-0.4, -0.2) is 16.9 Å². The van der Waals surface area contributed by atoms with Crippen LogP contribution in [-0.2, 0) is 19.4 Å². The summed E-state index contributed by atoms with van der Waals surface area (Å²) < 4.78 is 0. The first kappa shape index (κ1) is 17.4. The molecule has 0 bridgehead atoms. The molecule has 0 saturated heterocycles. The molecule has 3 N–H and O–H groups in total. The summed E-state index contributed by atoms with van der Waals surface area (Å²) >= 11 is 0. The van der Waals surface area contributed by atoms with Crippen molar-refractivity contribution in [3.05, 3.63) is 88.6 Å². The Kier molecular flexibility index (Phi) is 4.73. The summed E-state index contributed by atoms with van der Waals surface area (Å²) in [5.41, 5.74) is 12.9. The summed E-state index contributed by atoms with van der Waals surface area (Å²) in [6.07, 6.45) is 4.10. The molecule has 0 fully saturated rings. The average molecular weight is 357 g/mol. The molecule has 0 saturated carbocycles. The summed E-state index contributed by atoms with van der Waals surface area (Å²) in [6.45, 7) is 2.78. The standard InChI is InChI=1S/C23H23N3O/c1-15-10-19(23(24)27)7-8-21(15)22-9-6-16(14-26-22)13-25-20-11-17-4-2-3-5-18(17)12-20/h2-10,14,20,25H,11-13H2,1H3,(H2,24,27). The molecule has 1 amide bonds. The summed E-state index contributed by atoms with van der Waals surface area (Å²) in [7, 11) is 0. The molecular formula is C23H23N3O. The van der Waals surface area contributed by atoms with Gasteiger partial charge in [0.05, 0.1) is 5.69 Å². The van der Waals surface area contributed by atoms with E-state index >= 15 is 0 Å². The molecule has 4 rings (SSSR count). The van der Waals surface area contributed by atoms with E-state index < -0.39 is 5.91 Å². The fourth-order valence-electron chi connectivity index (χ4n) is 3.76. The van der Waals surface area contributed by atoms with Gasteiger partial charge in [0.1, 0.15) is 0 Å². The highest BCUT2D eigenvalue weighted by atomic mass is 16.1. The molecule has 3 aromatic rings. The minimum atomic E-state index is -0.409. The quantitative estimate of drug-likeness (QED) is 0.735. The highest BCUT2D eigenvalue weighted by Crippen LogP contribution is 2.24. The first-order valence-corrected chi connectivity index (χ1v) is 9.26. The molecule has 1 aromatic heterocycles. The van der Waals surface area contributed by atoms with E-state index in [0.29, 0.717) is 11.6 Å². The molecule has 0 aliphatic heterocycles. The van der Waals surface area contributed by atoms with Crippen molar-refractivity contribution in [2.45, 2.75) is 32.4 Å². The maximum atomic E-state index is 11.3. The van der Waals surface area contributed by atoms with Gasteiger partial charge in [-0.2, -0.15) is 0 Å². The van der Waals surface area contributed by atoms with Crippen molar-refractivity contribution >= 4 is 5.91 Å². The number of hydrogen-bond acceptors (Lipinski definition) is 3. The molecule has 4 nitrogen and oxygen atoms in total. The number of pyridine rings is 1. The van der Waals surface area contributed by atoms with E-state index in [-0.39, 0.29) is 0 Å². The fraction of sp³-hybridized carbons (Fsp3) is 0.217. The molecule has 27 heavy (non-hydrogen) atoms. The monoisotopic (exact) mass is 357 g/mol. The summed E-state index contributed by atoms with van der Waals surface area (Å²) in [4.78, 5) is 15.9. The zero-order valence-electron chi connectivity index (χ0n) is 15.4. The lowest BCUT2D eigenvalue weighted by atomic mass is 10.0. The maximum Gasteiger partial charge on any atom is 0.248 e. The number of carbonyl (C=O) groups excluding carboxylic acids is 1. The average Bonchev–Trinajstić information content (AvgIpc) is 3.10. The first-order chi connectivity index (χ1) is 13.1. The number of fused-ring (bicyclic) bond motifs is 1. The Hall–Kier alpha value is -2.98. The van der Waals surface area contributed by atoms with Crippen molar-refractivity contribution in [2.24, 2.45) is 5.73 Å². The van der Waals surface area contributed by atoms with Crippen molar-refractivity contribution in [3.63, 3.8) is 0 Å². The molecule has 0 radical (unpaired) electrons. The smallest absolute Gasteiger partial charge is 0.248 e. The van der Waals surface area contributed by atoms with E-state index in [4.69, 9.17) is 5.73 Å². The summed E-state index contributed by atoms with van der Waals surface area (Å²) in [6, 6.07) is 18.8. The van der Waals surface area contributed by atoms with Gasteiger partial charge in [0.2, 0.25) is 5.91 Å². The number of nitrogens with one attached hydrogen (secondary N) is 1. The van der Waals surface area contributed by atoms with Gasteiger partial charge in [-0.05, 0) is 60.2 Å². The zero-order valence-corrected chi connectivity index (χ0v) is 15.4. The predicted molar refractivity (Wildman–Crippen MR) is 107 cm³/mol. The number of aryl methyl sites for hydroxylation is 1. The number of primary amides is 1. The molecule has 1 heterocycles. The van der Waals surface area contributed by atoms with E-state index in [0.717, 1.165) is 36.2 Å². The second-order valence-electron chi connectivity index (χ2n) is 7.20. The molecule has 0 spiro atoms. The Morgan fingerprint density at radius 1 is 1.11 bits per heavy atom. The lowest BCUT2D eigenvalue weighted by Gasteiger charge is -2.12. The van der Waals surface area contributed by atoms with Crippen molar-refractivity contribution in [1.29, 1.82) is 0 Å². The maximum absolute atomic E-state index is 11.3. The van der Waals surface area contributed by atoms with E-state index in [2.05, 4.69) is 40.6 Å². The largest absolute Gasteiger partial charge is 0.366 e. The minimum Gasteiger partial charge on any atom is -0.366 e. The molecule has 0 unspecified atom stereocenters. The number of carbonyl (C=O) groups is 1. The van der Waals surface area contributed by atoms with E-state index in [9.17, 15) is 4.79 Å². The molecule has 2 aromatic carbocycles. The Bertz CT molecular complexity index is 954. The number of nitrogens with two attached hydrogens (primary N) is 1. The number of rotatable bonds is 5. The third-order valence-electron chi connectivity index (χ3n) is 5.26. The molecular weight excluding hydrogens is 334 g/mol. The molecule has 136 valence electrons. The van der Waals surface area contributed by atoms with Gasteiger partial charge in [0.15, 0.2) is 0 Å². The normalized spacial score (nSPS) is 13.5. The van der Waals surface area contributed by atoms with Crippen molar-refractivity contribution < 1.29 is 4.79 Å². The van der Waals surface area contributed by atoms with E-state index in [1.165, 1.54) is 16.7 Å². The molecule has 4 heteroatoms. The number of aromatic nitrogens is 1. The van der Waals surface area contributed by atoms with Crippen LogP contribution < -0.4 is 11.1 Å². The van der Waals surface area contributed by atoms with Gasteiger partial charge in [-0.1, -0.05) is 36.4 Å². The fourth-order valence-corrected chi connectivity index (χ4v) is 3.76. The van der Waals surface area contributed by atoms with Crippen molar-refractivity contribution in [1.82, 2.24) is 10.3 Å². The van der Waals surface area contributed by atoms with E-state index in [1.807, 2.05) is 31.3 Å². The van der Waals surface area contributed by atoms with Crippen LogP contribution in [0.15, 0.2) is 60.8 Å². The highest BCUT2D eigenvalue weighted by molar-refractivity contribution is 5.93. The topological polar surface area (TPSA) is 68.0 Å². The zero-order chi connectivity index (χ0) is 18.8. The highest BCUT2D eigenvalue weighted by Gasteiger charge is 2.20. The number of amides is 1. The lowest BCUT2D eigenvalue weighted by molar-refractivity contribution is 0.1000. The Labute approximate surface area is 159 Å². The van der Waals surface area contributed by atoms with Gasteiger partial charge in [-0.15, -0.1) is 0 Å². The second-order valence-corrected chi connectivity index (χ2v) is 7.20. The van der Waals surface area contributed by atoms with Crippen LogP contribution in [0.5, 0.6) is 0 Å². The van der Waals surface area contributed by atoms with Crippen LogP contribution >= 0.6 is 0 Å². The first-order valence-electron chi connectivity index (χ1n) is 9.26. The van der Waals surface area contributed by atoms with Gasteiger partial charge in [0, 0.05) is 29.9 Å². The second kappa shape index (κ2) is 7.33. The SMILES string of the molecule is Cc1cc(C(N)=O)ccc1-c1ccc(CNC2Cc3ccccc3C2)cn1. The van der Waals surface area contributed by atoms with Crippen LogP contribution in [0.25, 0.3) is 11.3 Å². The number of nitrogens with zero attached hydrogens (tertiary/aromatic N) is 1. The van der Waals surface area contributed by atoms with Crippen LogP contribution in [0, 0.1) is 6.92 Å². The Morgan fingerprint density at radius 3 is 2.44 bits per heavy atom. The molecule has 0 atom stereocenters. The minimum absolute atomic E-state index is 0.409. The summed E-state index contributed by atoms with van der Waals surface area (Å²) in [5.74, 6) is -0.409. The Morgan fingerprint density at radius 2 is 1.85 bits per heavy atom. The van der Waals surface area contributed by atoms with Crippen LogP contribution in [0.1, 0.15) is 32.6 Å². The number of benzene rings is 2. The van der Waals surface area contributed by atoms with Gasteiger partial charge in [-0.3, -0.25) is 9.78 Å². The third-order valence-corrected chi connectivity index (χ3v) is 5.26. The Balaban J connectivity index is 1.40. The van der Waals surface area contributed by atoms with Crippen LogP contribution in [0.2, 0.25) is 0 Å². The molecule has 1 aliphatic rings. The summed E-state index contributed by atoms with van der Waals surface area (Å²) in [5, 5.41) is 3.64. The van der Waals surface area contributed by atoms with Gasteiger partial charge >= 0.3 is 0 Å². The molecule has 1 aliphatic carbocycles. The van der Waals surface area contributed by atoms with Crippen LogP contribution in [0.4, 0.5) is 0 Å². The van der Waals surface area contributed by atoms with Gasteiger partial charge in [0.25, 0.3) is 0 Å². The van der Waals surface area contributed by atoms with Crippen molar-refractivity contribution in [3.8, 4) is 11.3 Å². The lowest BCUT2D eigenvalue weighted by Crippen LogP contribution is -2.28. The number of hydrogen-bond donors (Lipinski definition) is 2. The van der Waals surface area contributed by atoms with Gasteiger partial charge in [-0.25, -0.2) is 0 Å².